The van der Waals surface area contributed by atoms with Crippen molar-refractivity contribution in [2.75, 3.05) is 0 Å². The first-order chi connectivity index (χ1) is 6.07. The quantitative estimate of drug-likeness (QED) is 0.465. The molecule has 0 spiro atoms. The molecule has 0 aliphatic carbocycles. The van der Waals surface area contributed by atoms with E-state index in [0.717, 1.165) is 3.57 Å². The van der Waals surface area contributed by atoms with Crippen LogP contribution < -0.4 is 0 Å². The van der Waals surface area contributed by atoms with Crippen molar-refractivity contribution in [2.24, 2.45) is 0 Å². The smallest absolute Gasteiger partial charge is 0.259 e. The Labute approximate surface area is 110 Å². The molecule has 1 aromatic heterocycles. The third-order valence-corrected chi connectivity index (χ3v) is 4.98. The molecule has 0 atom stereocenters. The van der Waals surface area contributed by atoms with Crippen LogP contribution in [0.25, 0.3) is 0 Å². The van der Waals surface area contributed by atoms with E-state index in [9.17, 15) is 8.78 Å². The molecule has 0 aliphatic heterocycles. The Hall–Kier alpha value is 0.950. The maximum Gasteiger partial charge on any atom is 0.266 e. The van der Waals surface area contributed by atoms with Crippen molar-refractivity contribution in [1.82, 2.24) is 4.98 Å². The van der Waals surface area contributed by atoms with Crippen LogP contribution in [0.2, 0.25) is 0 Å². The SMILES string of the molecule is FC(F)c1c(CBr)ncc(I)c1I. The third kappa shape index (κ3) is 2.71. The maximum absolute atomic E-state index is 12.6. The molecule has 0 saturated carbocycles. The average Bonchev–Trinajstić information content (AvgIpc) is 2.08. The molecule has 0 radical (unpaired) electrons. The van der Waals surface area contributed by atoms with Gasteiger partial charge in [-0.05, 0) is 45.2 Å². The molecular formula is C7H4BrF2I2N. The lowest BCUT2D eigenvalue weighted by Gasteiger charge is -2.08. The lowest BCUT2D eigenvalue weighted by atomic mass is 10.2. The fourth-order valence-corrected chi connectivity index (χ4v) is 2.41. The lowest BCUT2D eigenvalue weighted by molar-refractivity contribution is 0.149. The second kappa shape index (κ2) is 5.15. The van der Waals surface area contributed by atoms with Crippen LogP contribution in [0.1, 0.15) is 17.7 Å². The Kier molecular flexibility index (Phi) is 4.76. The number of pyridine rings is 1. The molecule has 0 unspecified atom stereocenters. The van der Waals surface area contributed by atoms with Crippen molar-refractivity contribution < 1.29 is 8.78 Å². The van der Waals surface area contributed by atoms with Crippen LogP contribution in [-0.4, -0.2) is 4.98 Å². The molecule has 0 aromatic carbocycles. The van der Waals surface area contributed by atoms with E-state index in [2.05, 4.69) is 20.9 Å². The highest BCUT2D eigenvalue weighted by molar-refractivity contribution is 14.1. The molecule has 1 nitrogen and oxygen atoms in total. The highest BCUT2D eigenvalue weighted by Gasteiger charge is 2.19. The second-order valence-electron chi connectivity index (χ2n) is 2.21. The van der Waals surface area contributed by atoms with E-state index in [1.165, 1.54) is 0 Å². The molecule has 1 aromatic rings. The van der Waals surface area contributed by atoms with Crippen LogP contribution in [0.4, 0.5) is 8.78 Å². The van der Waals surface area contributed by atoms with E-state index < -0.39 is 6.43 Å². The number of hydrogen-bond acceptors (Lipinski definition) is 1. The summed E-state index contributed by atoms with van der Waals surface area (Å²) in [6.45, 7) is 0. The zero-order chi connectivity index (χ0) is 10.0. The predicted octanol–water partition coefficient (Wildman–Crippen LogP) is 4.12. The minimum absolute atomic E-state index is 0.0457. The lowest BCUT2D eigenvalue weighted by Crippen LogP contribution is -2.01. The van der Waals surface area contributed by atoms with Crippen LogP contribution in [0.5, 0.6) is 0 Å². The van der Waals surface area contributed by atoms with Gasteiger partial charge in [-0.3, -0.25) is 4.98 Å². The summed E-state index contributed by atoms with van der Waals surface area (Å²) in [4.78, 5) is 3.94. The highest BCUT2D eigenvalue weighted by Crippen LogP contribution is 2.30. The molecule has 1 heterocycles. The Bertz CT molecular complexity index is 320. The Morgan fingerprint density at radius 3 is 2.54 bits per heavy atom. The van der Waals surface area contributed by atoms with Gasteiger partial charge in [0.25, 0.3) is 6.43 Å². The topological polar surface area (TPSA) is 12.9 Å². The van der Waals surface area contributed by atoms with Gasteiger partial charge < -0.3 is 0 Å². The van der Waals surface area contributed by atoms with Crippen LogP contribution in [0.3, 0.4) is 0 Å². The molecule has 13 heavy (non-hydrogen) atoms. The van der Waals surface area contributed by atoms with Gasteiger partial charge in [0.05, 0.1) is 11.3 Å². The average molecular weight is 474 g/mol. The fourth-order valence-electron chi connectivity index (χ4n) is 0.844. The number of rotatable bonds is 2. The largest absolute Gasteiger partial charge is 0.266 e. The molecule has 1 rings (SSSR count). The van der Waals surface area contributed by atoms with Crippen molar-refractivity contribution in [3.05, 3.63) is 24.6 Å². The summed E-state index contributed by atoms with van der Waals surface area (Å²) >= 11 is 7.05. The van der Waals surface area contributed by atoms with Crippen molar-refractivity contribution in [2.45, 2.75) is 11.8 Å². The summed E-state index contributed by atoms with van der Waals surface area (Å²) in [5.41, 5.74) is 0.462. The van der Waals surface area contributed by atoms with E-state index in [0.29, 0.717) is 14.6 Å². The number of nitrogens with zero attached hydrogens (tertiary/aromatic N) is 1. The molecule has 0 N–H and O–H groups in total. The fraction of sp³-hybridized carbons (Fsp3) is 0.286. The number of hydrogen-bond donors (Lipinski definition) is 0. The van der Waals surface area contributed by atoms with Gasteiger partial charge in [-0.25, -0.2) is 8.78 Å². The summed E-state index contributed by atoms with van der Waals surface area (Å²) in [5.74, 6) is 0. The molecule has 0 aliphatic rings. The number of aromatic nitrogens is 1. The van der Waals surface area contributed by atoms with Crippen LogP contribution in [0.15, 0.2) is 6.20 Å². The molecule has 0 amide bonds. The third-order valence-electron chi connectivity index (χ3n) is 1.44. The standard InChI is InChI=1S/C7H4BrF2I2N/c8-1-4-5(7(9)10)6(12)3(11)2-13-4/h2,7H,1H2. The van der Waals surface area contributed by atoms with Gasteiger partial charge in [0.1, 0.15) is 0 Å². The Morgan fingerprint density at radius 1 is 1.46 bits per heavy atom. The first kappa shape index (κ1) is 12.0. The summed E-state index contributed by atoms with van der Waals surface area (Å²) in [6.07, 6.45) is -0.855. The molecular weight excluding hydrogens is 470 g/mol. The maximum atomic E-state index is 12.6. The van der Waals surface area contributed by atoms with E-state index in [-0.39, 0.29) is 5.56 Å². The molecule has 0 bridgehead atoms. The number of halogens is 5. The monoisotopic (exact) mass is 473 g/mol. The Morgan fingerprint density at radius 2 is 2.08 bits per heavy atom. The highest BCUT2D eigenvalue weighted by atomic mass is 127. The normalized spacial score (nSPS) is 10.9. The van der Waals surface area contributed by atoms with Crippen LogP contribution in [-0.2, 0) is 5.33 Å². The Balaban J connectivity index is 3.32. The summed E-state index contributed by atoms with van der Waals surface area (Å²) in [5, 5.41) is 0.361. The van der Waals surface area contributed by atoms with Gasteiger partial charge >= 0.3 is 0 Å². The predicted molar refractivity (Wildman–Crippen MR) is 67.3 cm³/mol. The van der Waals surface area contributed by atoms with Crippen molar-refractivity contribution >= 4 is 61.1 Å². The van der Waals surface area contributed by atoms with Gasteiger partial charge in [0, 0.05) is 18.7 Å². The molecule has 0 saturated heterocycles. The van der Waals surface area contributed by atoms with Gasteiger partial charge in [0.2, 0.25) is 0 Å². The summed E-state index contributed by atoms with van der Waals surface area (Å²) in [7, 11) is 0. The second-order valence-corrected chi connectivity index (χ2v) is 5.02. The van der Waals surface area contributed by atoms with Crippen molar-refractivity contribution in [3.63, 3.8) is 0 Å². The minimum atomic E-state index is -2.46. The minimum Gasteiger partial charge on any atom is -0.259 e. The summed E-state index contributed by atoms with van der Waals surface area (Å²) in [6, 6.07) is 0. The molecule has 72 valence electrons. The summed E-state index contributed by atoms with van der Waals surface area (Å²) < 4.78 is 26.5. The number of alkyl halides is 3. The van der Waals surface area contributed by atoms with Crippen molar-refractivity contribution in [3.8, 4) is 0 Å². The van der Waals surface area contributed by atoms with Gasteiger partial charge in [-0.15, -0.1) is 0 Å². The van der Waals surface area contributed by atoms with E-state index in [1.807, 2.05) is 45.2 Å². The van der Waals surface area contributed by atoms with Gasteiger partial charge in [-0.1, -0.05) is 15.9 Å². The first-order valence-electron chi connectivity index (χ1n) is 3.24. The van der Waals surface area contributed by atoms with Gasteiger partial charge in [0.15, 0.2) is 0 Å². The first-order valence-corrected chi connectivity index (χ1v) is 6.52. The van der Waals surface area contributed by atoms with Crippen LogP contribution >= 0.6 is 61.1 Å². The zero-order valence-corrected chi connectivity index (χ0v) is 12.1. The zero-order valence-electron chi connectivity index (χ0n) is 6.20. The van der Waals surface area contributed by atoms with Crippen LogP contribution in [0, 0.1) is 7.14 Å². The van der Waals surface area contributed by atoms with Gasteiger partial charge in [-0.2, -0.15) is 0 Å². The molecule has 6 heteroatoms. The van der Waals surface area contributed by atoms with E-state index in [4.69, 9.17) is 0 Å². The van der Waals surface area contributed by atoms with Crippen molar-refractivity contribution in [1.29, 1.82) is 0 Å². The van der Waals surface area contributed by atoms with E-state index >= 15 is 0 Å². The molecule has 0 fully saturated rings. The van der Waals surface area contributed by atoms with E-state index in [1.54, 1.807) is 6.20 Å².